The summed E-state index contributed by atoms with van der Waals surface area (Å²) in [5.74, 6) is -0.471. The number of hydrogen-bond donors (Lipinski definition) is 1. The van der Waals surface area contributed by atoms with Crippen LogP contribution in [-0.2, 0) is 21.7 Å². The van der Waals surface area contributed by atoms with Crippen LogP contribution in [-0.4, -0.2) is 25.5 Å². The van der Waals surface area contributed by atoms with E-state index in [1.54, 1.807) is 6.07 Å². The van der Waals surface area contributed by atoms with Crippen molar-refractivity contribution in [3.63, 3.8) is 0 Å². The summed E-state index contributed by atoms with van der Waals surface area (Å²) in [7, 11) is 0. The molecule has 0 spiro atoms. The second-order valence-electron chi connectivity index (χ2n) is 6.87. The molecule has 1 saturated heterocycles. The number of hydrogen-bond acceptors (Lipinski definition) is 4. The molecule has 1 aliphatic heterocycles. The van der Waals surface area contributed by atoms with Crippen molar-refractivity contribution in [2.75, 3.05) is 19.8 Å². The molecule has 0 radical (unpaired) electrons. The Morgan fingerprint density at radius 1 is 0.931 bits per heavy atom. The molecule has 29 heavy (non-hydrogen) atoms. The van der Waals surface area contributed by atoms with Crippen LogP contribution in [0.2, 0.25) is 5.02 Å². The second kappa shape index (κ2) is 8.78. The van der Waals surface area contributed by atoms with Gasteiger partial charge in [0.2, 0.25) is 5.79 Å². The highest BCUT2D eigenvalue weighted by atomic mass is 35.5. The number of halogens is 1. The third kappa shape index (κ3) is 4.35. The Balaban J connectivity index is 1.60. The first-order chi connectivity index (χ1) is 14.2. The zero-order chi connectivity index (χ0) is 20.1. The SMILES string of the molecule is N=C(COc1ccc(Cl)cc1C1(c2ccccc2)OCCO1)Cc1ccccc1. The molecule has 4 nitrogen and oxygen atoms in total. The number of rotatable bonds is 7. The van der Waals surface area contributed by atoms with Crippen molar-refractivity contribution in [1.82, 2.24) is 0 Å². The molecule has 0 bridgehead atoms. The summed E-state index contributed by atoms with van der Waals surface area (Å²) in [5.41, 5.74) is 3.16. The summed E-state index contributed by atoms with van der Waals surface area (Å²) in [6.07, 6.45) is 0.542. The van der Waals surface area contributed by atoms with E-state index in [1.165, 1.54) is 0 Å². The normalized spacial score (nSPS) is 15.2. The van der Waals surface area contributed by atoms with Crippen LogP contribution in [0.25, 0.3) is 0 Å². The van der Waals surface area contributed by atoms with E-state index in [0.717, 1.165) is 11.1 Å². The van der Waals surface area contributed by atoms with Crippen LogP contribution in [0.1, 0.15) is 16.7 Å². The lowest BCUT2D eigenvalue weighted by Crippen LogP contribution is -2.29. The first kappa shape index (κ1) is 19.6. The van der Waals surface area contributed by atoms with E-state index < -0.39 is 5.79 Å². The molecule has 5 heteroatoms. The molecule has 1 fully saturated rings. The molecule has 1 heterocycles. The summed E-state index contributed by atoms with van der Waals surface area (Å²) >= 11 is 6.31. The van der Waals surface area contributed by atoms with Gasteiger partial charge in [0.05, 0.1) is 24.5 Å². The number of benzene rings is 3. The Labute approximate surface area is 175 Å². The maximum atomic E-state index is 8.30. The zero-order valence-electron chi connectivity index (χ0n) is 15.9. The molecule has 1 aliphatic rings. The van der Waals surface area contributed by atoms with E-state index in [4.69, 9.17) is 31.2 Å². The van der Waals surface area contributed by atoms with Crippen molar-refractivity contribution in [3.05, 3.63) is 101 Å². The smallest absolute Gasteiger partial charge is 0.226 e. The van der Waals surface area contributed by atoms with Crippen LogP contribution in [0.3, 0.4) is 0 Å². The molecule has 3 aromatic rings. The highest BCUT2D eigenvalue weighted by Crippen LogP contribution is 2.43. The van der Waals surface area contributed by atoms with E-state index in [9.17, 15) is 0 Å². The minimum atomic E-state index is -1.07. The number of nitrogens with one attached hydrogen (secondary N) is 1. The zero-order valence-corrected chi connectivity index (χ0v) is 16.7. The topological polar surface area (TPSA) is 51.5 Å². The van der Waals surface area contributed by atoms with Gasteiger partial charge in [0.15, 0.2) is 0 Å². The average Bonchev–Trinajstić information content (AvgIpc) is 3.25. The summed E-state index contributed by atoms with van der Waals surface area (Å²) in [5, 5.41) is 8.87. The molecule has 0 aromatic heterocycles. The van der Waals surface area contributed by atoms with Crippen LogP contribution < -0.4 is 4.74 Å². The van der Waals surface area contributed by atoms with E-state index >= 15 is 0 Å². The molecule has 0 aliphatic carbocycles. The van der Waals surface area contributed by atoms with Gasteiger partial charge in [-0.05, 0) is 23.8 Å². The highest BCUT2D eigenvalue weighted by molar-refractivity contribution is 6.30. The van der Waals surface area contributed by atoms with E-state index in [2.05, 4.69) is 0 Å². The van der Waals surface area contributed by atoms with Crippen molar-refractivity contribution in [2.24, 2.45) is 0 Å². The Morgan fingerprint density at radius 3 is 2.28 bits per heavy atom. The van der Waals surface area contributed by atoms with Crippen LogP contribution in [0.15, 0.2) is 78.9 Å². The van der Waals surface area contributed by atoms with Gasteiger partial charge in [-0.2, -0.15) is 0 Å². The fourth-order valence-electron chi connectivity index (χ4n) is 3.49. The largest absolute Gasteiger partial charge is 0.487 e. The average molecular weight is 408 g/mol. The van der Waals surface area contributed by atoms with Crippen molar-refractivity contribution >= 4 is 17.3 Å². The van der Waals surface area contributed by atoms with Gasteiger partial charge in [-0.15, -0.1) is 0 Å². The molecule has 0 amide bonds. The molecule has 1 N–H and O–H groups in total. The lowest BCUT2D eigenvalue weighted by molar-refractivity contribution is -0.131. The van der Waals surface area contributed by atoms with Gasteiger partial charge in [0, 0.05) is 17.0 Å². The molecule has 0 atom stereocenters. The molecule has 0 saturated carbocycles. The first-order valence-corrected chi connectivity index (χ1v) is 9.92. The van der Waals surface area contributed by atoms with Gasteiger partial charge >= 0.3 is 0 Å². The van der Waals surface area contributed by atoms with E-state index in [-0.39, 0.29) is 6.61 Å². The van der Waals surface area contributed by atoms with Gasteiger partial charge in [0.25, 0.3) is 0 Å². The Bertz CT molecular complexity index is 970. The van der Waals surface area contributed by atoms with Crippen molar-refractivity contribution < 1.29 is 14.2 Å². The Hall–Kier alpha value is -2.66. The van der Waals surface area contributed by atoms with Crippen LogP contribution in [0.4, 0.5) is 0 Å². The molecular weight excluding hydrogens is 386 g/mol. The highest BCUT2D eigenvalue weighted by Gasteiger charge is 2.43. The quantitative estimate of drug-likeness (QED) is 0.545. The maximum Gasteiger partial charge on any atom is 0.226 e. The van der Waals surface area contributed by atoms with Gasteiger partial charge in [-0.3, -0.25) is 0 Å². The third-order valence-electron chi connectivity index (χ3n) is 4.81. The standard InChI is InChI=1S/C24H22ClNO3/c25-20-11-12-23(27-17-21(26)15-18-7-3-1-4-8-18)22(16-20)24(28-13-14-29-24)19-9-5-2-6-10-19/h1-12,16,26H,13-15,17H2. The van der Waals surface area contributed by atoms with Crippen molar-refractivity contribution in [2.45, 2.75) is 12.2 Å². The molecular formula is C24H22ClNO3. The monoisotopic (exact) mass is 407 g/mol. The fraction of sp³-hybridized carbons (Fsp3) is 0.208. The predicted molar refractivity (Wildman–Crippen MR) is 114 cm³/mol. The molecule has 148 valence electrons. The van der Waals surface area contributed by atoms with Crippen LogP contribution >= 0.6 is 11.6 Å². The second-order valence-corrected chi connectivity index (χ2v) is 7.31. The summed E-state index contributed by atoms with van der Waals surface area (Å²) in [6, 6.07) is 25.1. The Morgan fingerprint density at radius 2 is 1.59 bits per heavy atom. The third-order valence-corrected chi connectivity index (χ3v) is 5.04. The summed E-state index contributed by atoms with van der Waals surface area (Å²) in [4.78, 5) is 0. The maximum absolute atomic E-state index is 8.30. The van der Waals surface area contributed by atoms with Crippen LogP contribution in [0.5, 0.6) is 5.75 Å². The molecule has 3 aromatic carbocycles. The van der Waals surface area contributed by atoms with E-state index in [0.29, 0.717) is 41.7 Å². The Kier molecular flexibility index (Phi) is 5.95. The molecule has 4 rings (SSSR count). The van der Waals surface area contributed by atoms with Gasteiger partial charge in [0.1, 0.15) is 12.4 Å². The lowest BCUT2D eigenvalue weighted by Gasteiger charge is -2.30. The van der Waals surface area contributed by atoms with Gasteiger partial charge in [-0.25, -0.2) is 0 Å². The summed E-state index contributed by atoms with van der Waals surface area (Å²) in [6.45, 7) is 1.13. The minimum Gasteiger partial charge on any atom is -0.487 e. The van der Waals surface area contributed by atoms with E-state index in [1.807, 2.05) is 72.8 Å². The van der Waals surface area contributed by atoms with Gasteiger partial charge in [-0.1, -0.05) is 72.3 Å². The lowest BCUT2D eigenvalue weighted by atomic mass is 9.96. The summed E-state index contributed by atoms with van der Waals surface area (Å²) < 4.78 is 18.2. The fourth-order valence-corrected chi connectivity index (χ4v) is 3.66. The first-order valence-electron chi connectivity index (χ1n) is 9.54. The van der Waals surface area contributed by atoms with Gasteiger partial charge < -0.3 is 19.6 Å². The molecule has 0 unspecified atom stereocenters. The van der Waals surface area contributed by atoms with Crippen molar-refractivity contribution in [3.8, 4) is 5.75 Å². The number of ether oxygens (including phenoxy) is 3. The van der Waals surface area contributed by atoms with Crippen molar-refractivity contribution in [1.29, 1.82) is 5.41 Å². The predicted octanol–water partition coefficient (Wildman–Crippen LogP) is 5.23. The van der Waals surface area contributed by atoms with Crippen LogP contribution in [0, 0.1) is 5.41 Å². The minimum absolute atomic E-state index is 0.175.